The molecule has 0 radical (unpaired) electrons. The molecule has 0 atom stereocenters. The second-order valence-electron chi connectivity index (χ2n) is 12.3. The zero-order chi connectivity index (χ0) is 34.0. The smallest absolute Gasteiger partial charge is 0.233 e. The minimum Gasteiger partial charge on any atom is -0.493 e. The molecule has 1 heterocycles. The van der Waals surface area contributed by atoms with Crippen molar-refractivity contribution in [2.75, 3.05) is 63.7 Å². The van der Waals surface area contributed by atoms with E-state index in [2.05, 4.69) is 46.3 Å². The number of benzene rings is 2. The van der Waals surface area contributed by atoms with Gasteiger partial charge in [-0.3, -0.25) is 19.5 Å². The number of carbonyl (C=O) groups is 2. The van der Waals surface area contributed by atoms with Gasteiger partial charge in [0.2, 0.25) is 11.8 Å². The number of anilines is 2. The molecule has 3 rings (SSSR count). The maximum absolute atomic E-state index is 12.3. The Hall–Kier alpha value is -3.89. The molecule has 2 aromatic carbocycles. The number of morpholine rings is 1. The van der Waals surface area contributed by atoms with E-state index in [-0.39, 0.29) is 23.7 Å². The van der Waals surface area contributed by atoms with Crippen LogP contribution in [0.15, 0.2) is 48.0 Å². The van der Waals surface area contributed by atoms with E-state index < -0.39 is 0 Å². The van der Waals surface area contributed by atoms with Crippen LogP contribution in [0.1, 0.15) is 72.8 Å². The Kier molecular flexibility index (Phi) is 16.9. The first-order valence-corrected chi connectivity index (χ1v) is 16.3. The van der Waals surface area contributed by atoms with Gasteiger partial charge in [0.25, 0.3) is 0 Å². The lowest BCUT2D eigenvalue weighted by molar-refractivity contribution is -0.127. The van der Waals surface area contributed by atoms with E-state index in [0.29, 0.717) is 41.7 Å². The highest BCUT2D eigenvalue weighted by Gasteiger charge is 2.16. The third kappa shape index (κ3) is 14.5. The van der Waals surface area contributed by atoms with Crippen molar-refractivity contribution in [2.24, 2.45) is 10.4 Å². The predicted molar refractivity (Wildman–Crippen MR) is 190 cm³/mol. The van der Waals surface area contributed by atoms with Crippen molar-refractivity contribution in [3.05, 3.63) is 48.5 Å². The number of hydrogen-bond acceptors (Lipinski definition) is 8. The van der Waals surface area contributed by atoms with E-state index in [1.165, 1.54) is 12.8 Å². The molecule has 10 nitrogen and oxygen atoms in total. The lowest BCUT2D eigenvalue weighted by Crippen LogP contribution is -2.37. The lowest BCUT2D eigenvalue weighted by Gasteiger charge is -2.26. The highest BCUT2D eigenvalue weighted by atomic mass is 16.5. The van der Waals surface area contributed by atoms with Crippen LogP contribution in [-0.4, -0.2) is 76.0 Å². The van der Waals surface area contributed by atoms with Gasteiger partial charge in [-0.2, -0.15) is 0 Å². The summed E-state index contributed by atoms with van der Waals surface area (Å²) in [5, 5.41) is 8.87. The SMILES string of the molecule is C=C(Nc1ccc(NC(=O)CC(=O)NCC(C)(C)C)cc1)c1cc(OCCCN2CCOCC2)c(OC)cc1N=CC.CCCC. The molecule has 0 spiro atoms. The summed E-state index contributed by atoms with van der Waals surface area (Å²) in [7, 11) is 1.61. The maximum Gasteiger partial charge on any atom is 0.233 e. The lowest BCUT2D eigenvalue weighted by atomic mass is 9.97. The quantitative estimate of drug-likeness (QED) is 0.111. The first kappa shape index (κ1) is 38.3. The average molecular weight is 638 g/mol. The van der Waals surface area contributed by atoms with Crippen molar-refractivity contribution >= 4 is 40.8 Å². The zero-order valence-corrected chi connectivity index (χ0v) is 29.0. The van der Waals surface area contributed by atoms with Crippen molar-refractivity contribution < 1.29 is 23.8 Å². The predicted octanol–water partition coefficient (Wildman–Crippen LogP) is 6.90. The van der Waals surface area contributed by atoms with E-state index in [0.717, 1.165) is 50.5 Å². The molecule has 0 aliphatic carbocycles. The van der Waals surface area contributed by atoms with E-state index in [4.69, 9.17) is 14.2 Å². The summed E-state index contributed by atoms with van der Waals surface area (Å²) >= 11 is 0. The molecule has 0 aromatic heterocycles. The van der Waals surface area contributed by atoms with Crippen LogP contribution in [0.2, 0.25) is 0 Å². The number of rotatable bonds is 15. The first-order chi connectivity index (χ1) is 22.0. The Labute approximate surface area is 276 Å². The van der Waals surface area contributed by atoms with Crippen molar-refractivity contribution in [2.45, 2.75) is 67.2 Å². The topological polar surface area (TPSA) is 114 Å². The van der Waals surface area contributed by atoms with Crippen LogP contribution in [0.4, 0.5) is 17.1 Å². The number of nitrogens with one attached hydrogen (secondary N) is 3. The molecule has 46 heavy (non-hydrogen) atoms. The van der Waals surface area contributed by atoms with E-state index in [1.54, 1.807) is 25.5 Å². The van der Waals surface area contributed by atoms with E-state index in [9.17, 15) is 9.59 Å². The van der Waals surface area contributed by atoms with Gasteiger partial charge in [-0.15, -0.1) is 0 Å². The van der Waals surface area contributed by atoms with Crippen LogP contribution in [0.25, 0.3) is 5.70 Å². The Morgan fingerprint density at radius 2 is 1.63 bits per heavy atom. The van der Waals surface area contributed by atoms with Gasteiger partial charge < -0.3 is 30.2 Å². The van der Waals surface area contributed by atoms with Crippen molar-refractivity contribution in [1.29, 1.82) is 0 Å². The normalized spacial score (nSPS) is 13.4. The maximum atomic E-state index is 12.3. The highest BCUT2D eigenvalue weighted by Crippen LogP contribution is 2.38. The summed E-state index contributed by atoms with van der Waals surface area (Å²) in [5.41, 5.74) is 3.41. The minimum absolute atomic E-state index is 0.0494. The van der Waals surface area contributed by atoms with Crippen LogP contribution < -0.4 is 25.4 Å². The second-order valence-corrected chi connectivity index (χ2v) is 12.3. The molecule has 10 heteroatoms. The fraction of sp³-hybridized carbons (Fsp3) is 0.528. The third-order valence-electron chi connectivity index (χ3n) is 6.96. The number of ether oxygens (including phenoxy) is 3. The first-order valence-electron chi connectivity index (χ1n) is 16.3. The summed E-state index contributed by atoms with van der Waals surface area (Å²) in [6, 6.07) is 10.9. The van der Waals surface area contributed by atoms with Crippen LogP contribution in [-0.2, 0) is 14.3 Å². The van der Waals surface area contributed by atoms with Crippen molar-refractivity contribution in [3.63, 3.8) is 0 Å². The average Bonchev–Trinajstić information content (AvgIpc) is 3.03. The molecule has 3 N–H and O–H groups in total. The van der Waals surface area contributed by atoms with Crippen LogP contribution >= 0.6 is 0 Å². The zero-order valence-electron chi connectivity index (χ0n) is 29.0. The molecule has 1 aliphatic rings. The van der Waals surface area contributed by atoms with Crippen LogP contribution in [0, 0.1) is 5.41 Å². The fourth-order valence-corrected chi connectivity index (χ4v) is 4.26. The number of methoxy groups -OCH3 is 1. The third-order valence-corrected chi connectivity index (χ3v) is 6.96. The van der Waals surface area contributed by atoms with Gasteiger partial charge in [-0.05, 0) is 49.1 Å². The fourth-order valence-electron chi connectivity index (χ4n) is 4.26. The summed E-state index contributed by atoms with van der Waals surface area (Å²) in [5.74, 6) is 0.551. The summed E-state index contributed by atoms with van der Waals surface area (Å²) < 4.78 is 17.1. The Morgan fingerprint density at radius 1 is 1.00 bits per heavy atom. The largest absolute Gasteiger partial charge is 0.493 e. The molecule has 0 saturated carbocycles. The number of aliphatic imine (C=N–C) groups is 1. The highest BCUT2D eigenvalue weighted by molar-refractivity contribution is 6.03. The molecule has 1 fully saturated rings. The molecule has 0 bridgehead atoms. The second kappa shape index (κ2) is 20.3. The summed E-state index contributed by atoms with van der Waals surface area (Å²) in [6.07, 6.45) is 5.01. The van der Waals surface area contributed by atoms with Gasteiger partial charge in [0.1, 0.15) is 6.42 Å². The van der Waals surface area contributed by atoms with Crippen LogP contribution in [0.5, 0.6) is 11.5 Å². The van der Waals surface area contributed by atoms with Crippen molar-refractivity contribution in [3.8, 4) is 11.5 Å². The monoisotopic (exact) mass is 637 g/mol. The summed E-state index contributed by atoms with van der Waals surface area (Å²) in [6.45, 7) is 22.0. The van der Waals surface area contributed by atoms with Crippen LogP contribution in [0.3, 0.4) is 0 Å². The minimum atomic E-state index is -0.371. The van der Waals surface area contributed by atoms with Gasteiger partial charge in [0.15, 0.2) is 11.5 Å². The molecular weight excluding hydrogens is 582 g/mol. The van der Waals surface area contributed by atoms with Gasteiger partial charge in [-0.25, -0.2) is 0 Å². The Balaban J connectivity index is 0.00000173. The molecule has 1 aliphatic heterocycles. The molecule has 2 aromatic rings. The number of unbranched alkanes of at least 4 members (excludes halogenated alkanes) is 1. The number of nitrogens with zero attached hydrogens (tertiary/aromatic N) is 2. The molecule has 0 unspecified atom stereocenters. The Bertz CT molecular complexity index is 1260. The number of hydrogen-bond donors (Lipinski definition) is 3. The van der Waals surface area contributed by atoms with Crippen molar-refractivity contribution in [1.82, 2.24) is 10.2 Å². The van der Waals surface area contributed by atoms with Gasteiger partial charge in [0, 0.05) is 61.1 Å². The molecule has 2 amide bonds. The number of carbonyl (C=O) groups excluding carboxylic acids is 2. The van der Waals surface area contributed by atoms with Gasteiger partial charge in [-0.1, -0.05) is 54.0 Å². The Morgan fingerprint density at radius 3 is 2.20 bits per heavy atom. The van der Waals surface area contributed by atoms with Gasteiger partial charge in [0.05, 0.1) is 32.6 Å². The van der Waals surface area contributed by atoms with E-state index >= 15 is 0 Å². The van der Waals surface area contributed by atoms with E-state index in [1.807, 2.05) is 52.0 Å². The molecular formula is C36H55N5O5. The molecule has 254 valence electrons. The standard InChI is InChI=1S/C32H45N5O5.C4H10/c1-7-33-27-20-28(40-6)29(42-16-8-13-37-14-17-41-18-15-37)19-26(27)23(2)35-24-9-11-25(12-10-24)36-31(39)21-30(38)34-22-32(3,4)5;1-3-4-2/h7,9-12,19-20,35H,2,8,13-18,21-22H2,1,3-6H3,(H,34,38)(H,36,39);3-4H2,1-2H3. The number of amides is 2. The van der Waals surface area contributed by atoms with Gasteiger partial charge >= 0.3 is 0 Å². The summed E-state index contributed by atoms with van der Waals surface area (Å²) in [4.78, 5) is 31.3. The molecule has 1 saturated heterocycles.